The van der Waals surface area contributed by atoms with Crippen LogP contribution in [-0.4, -0.2) is 9.91 Å². The fraction of sp³-hybridized carbons (Fsp3) is 0.105. The van der Waals surface area contributed by atoms with E-state index in [9.17, 15) is 36.5 Å². The third kappa shape index (κ3) is 4.53. The number of rotatable bonds is 3. The molecule has 0 fully saturated rings. The molecule has 0 unspecified atom stereocenters. The first-order chi connectivity index (χ1) is 13.4. The smallest absolute Gasteiger partial charge is 0.258 e. The van der Waals surface area contributed by atoms with Gasteiger partial charge >= 0.3 is 12.4 Å². The molecule has 0 spiro atoms. The van der Waals surface area contributed by atoms with Crippen molar-refractivity contribution in [3.63, 3.8) is 0 Å². The van der Waals surface area contributed by atoms with E-state index >= 15 is 0 Å². The average Bonchev–Trinajstić information content (AvgIpc) is 2.66. The van der Waals surface area contributed by atoms with Crippen molar-refractivity contribution in [2.24, 2.45) is 0 Å². The molecule has 0 atom stereocenters. The van der Waals surface area contributed by atoms with Crippen molar-refractivity contribution in [1.82, 2.24) is 4.98 Å². The van der Waals surface area contributed by atoms with Gasteiger partial charge in [-0.3, -0.25) is 10.1 Å². The van der Waals surface area contributed by atoms with Gasteiger partial charge in [0, 0.05) is 23.3 Å². The molecule has 3 aromatic rings. The lowest BCUT2D eigenvalue weighted by atomic mass is 10.0. The van der Waals surface area contributed by atoms with Gasteiger partial charge < -0.3 is 0 Å². The van der Waals surface area contributed by atoms with E-state index in [2.05, 4.69) is 4.98 Å². The second-order valence-corrected chi connectivity index (χ2v) is 6.01. The fourth-order valence-corrected chi connectivity index (χ4v) is 2.63. The summed E-state index contributed by atoms with van der Waals surface area (Å²) in [5, 5.41) is 11.2. The summed E-state index contributed by atoms with van der Waals surface area (Å²) in [5.74, 6) is 0. The van der Waals surface area contributed by atoms with Gasteiger partial charge in [0.1, 0.15) is 0 Å². The van der Waals surface area contributed by atoms with E-state index in [-0.39, 0.29) is 22.5 Å². The Labute approximate surface area is 159 Å². The van der Waals surface area contributed by atoms with Crippen LogP contribution in [0.3, 0.4) is 0 Å². The lowest BCUT2D eigenvalue weighted by Crippen LogP contribution is -2.05. The van der Waals surface area contributed by atoms with Crippen molar-refractivity contribution in [3.05, 3.63) is 81.9 Å². The molecule has 4 nitrogen and oxygen atoms in total. The number of hydrogen-bond acceptors (Lipinski definition) is 3. The number of alkyl halides is 6. The SMILES string of the molecule is O=[N+]([O-])c1cc(-c2cccc(C(F)(F)F)c2)nc(-c2cccc(C(F)(F)F)c2)c1. The first kappa shape index (κ1) is 20.3. The Morgan fingerprint density at radius 3 is 1.48 bits per heavy atom. The van der Waals surface area contributed by atoms with Crippen molar-refractivity contribution in [2.45, 2.75) is 12.4 Å². The van der Waals surface area contributed by atoms with Crippen molar-refractivity contribution >= 4 is 5.69 Å². The van der Waals surface area contributed by atoms with Gasteiger partial charge in [0.25, 0.3) is 5.69 Å². The summed E-state index contributed by atoms with van der Waals surface area (Å²) in [4.78, 5) is 14.5. The number of nitrogens with zero attached hydrogens (tertiary/aromatic N) is 2. The van der Waals surface area contributed by atoms with E-state index in [4.69, 9.17) is 0 Å². The molecule has 0 aliphatic rings. The molecule has 0 bridgehead atoms. The van der Waals surface area contributed by atoms with E-state index in [1.807, 2.05) is 0 Å². The van der Waals surface area contributed by atoms with Gasteiger partial charge in [-0.1, -0.05) is 24.3 Å². The zero-order chi connectivity index (χ0) is 21.4. The third-order valence-electron chi connectivity index (χ3n) is 3.99. The molecule has 2 aromatic carbocycles. The van der Waals surface area contributed by atoms with Crippen LogP contribution in [0.2, 0.25) is 0 Å². The number of benzene rings is 2. The van der Waals surface area contributed by atoms with Gasteiger partial charge in [-0.05, 0) is 24.3 Å². The summed E-state index contributed by atoms with van der Waals surface area (Å²) in [7, 11) is 0. The second-order valence-electron chi connectivity index (χ2n) is 6.01. The van der Waals surface area contributed by atoms with Gasteiger partial charge in [-0.25, -0.2) is 4.98 Å². The molecule has 0 saturated heterocycles. The summed E-state index contributed by atoms with van der Waals surface area (Å²) in [6.45, 7) is 0. The monoisotopic (exact) mass is 412 g/mol. The van der Waals surface area contributed by atoms with Crippen LogP contribution in [-0.2, 0) is 12.4 Å². The minimum atomic E-state index is -4.64. The predicted molar refractivity (Wildman–Crippen MR) is 91.8 cm³/mol. The van der Waals surface area contributed by atoms with Gasteiger partial charge in [0.2, 0.25) is 0 Å². The Morgan fingerprint density at radius 2 is 1.14 bits per heavy atom. The molecule has 3 rings (SSSR count). The summed E-state index contributed by atoms with van der Waals surface area (Å²) < 4.78 is 77.7. The Morgan fingerprint density at radius 1 is 0.724 bits per heavy atom. The molecule has 0 aliphatic carbocycles. The minimum absolute atomic E-state index is 0.0586. The molecule has 0 aliphatic heterocycles. The lowest BCUT2D eigenvalue weighted by molar-refractivity contribution is -0.384. The van der Waals surface area contributed by atoms with Crippen molar-refractivity contribution in [2.75, 3.05) is 0 Å². The maximum atomic E-state index is 13.0. The quantitative estimate of drug-likeness (QED) is 0.286. The van der Waals surface area contributed by atoms with Crippen molar-refractivity contribution in [3.8, 4) is 22.5 Å². The van der Waals surface area contributed by atoms with Crippen molar-refractivity contribution < 1.29 is 31.3 Å². The van der Waals surface area contributed by atoms with Crippen LogP contribution in [0.1, 0.15) is 11.1 Å². The van der Waals surface area contributed by atoms with E-state index < -0.39 is 34.1 Å². The molecule has 0 amide bonds. The molecular weight excluding hydrogens is 402 g/mol. The van der Waals surface area contributed by atoms with Gasteiger partial charge in [0.15, 0.2) is 0 Å². The van der Waals surface area contributed by atoms with Crippen molar-refractivity contribution in [1.29, 1.82) is 0 Å². The standard InChI is InChI=1S/C19H10F6N2O2/c20-18(21,22)13-5-1-3-11(7-13)16-9-15(27(28)29)10-17(26-16)12-4-2-6-14(8-12)19(23,24)25/h1-10H. The average molecular weight is 412 g/mol. The van der Waals surface area contributed by atoms with Gasteiger partial charge in [-0.2, -0.15) is 26.3 Å². The van der Waals surface area contributed by atoms with Crippen LogP contribution < -0.4 is 0 Å². The normalized spacial score (nSPS) is 12.1. The molecule has 1 aromatic heterocycles. The molecular formula is C19H10F6N2O2. The summed E-state index contributed by atoms with van der Waals surface area (Å²) >= 11 is 0. The first-order valence-corrected chi connectivity index (χ1v) is 7.97. The van der Waals surface area contributed by atoms with Crippen LogP contribution in [0.25, 0.3) is 22.5 Å². The van der Waals surface area contributed by atoms with Gasteiger partial charge in [-0.15, -0.1) is 0 Å². The Bertz CT molecular complexity index is 1000. The van der Waals surface area contributed by atoms with Crippen LogP contribution >= 0.6 is 0 Å². The third-order valence-corrected chi connectivity index (χ3v) is 3.99. The highest BCUT2D eigenvalue weighted by atomic mass is 19.4. The van der Waals surface area contributed by atoms with E-state index in [1.54, 1.807) is 0 Å². The molecule has 0 radical (unpaired) electrons. The van der Waals surface area contributed by atoms with E-state index in [1.165, 1.54) is 12.1 Å². The molecule has 29 heavy (non-hydrogen) atoms. The van der Waals surface area contributed by atoms with Crippen LogP contribution in [0.5, 0.6) is 0 Å². The van der Waals surface area contributed by atoms with E-state index in [0.717, 1.165) is 48.5 Å². The predicted octanol–water partition coefficient (Wildman–Crippen LogP) is 6.36. The largest absolute Gasteiger partial charge is 0.416 e. The topological polar surface area (TPSA) is 56.0 Å². The Balaban J connectivity index is 2.17. The van der Waals surface area contributed by atoms with Crippen LogP contribution in [0, 0.1) is 10.1 Å². The minimum Gasteiger partial charge on any atom is -0.258 e. The number of nitro groups is 1. The van der Waals surface area contributed by atoms with Gasteiger partial charge in [0.05, 0.1) is 27.4 Å². The maximum absolute atomic E-state index is 13.0. The maximum Gasteiger partial charge on any atom is 0.416 e. The summed E-state index contributed by atoms with van der Waals surface area (Å²) in [5.41, 5.74) is -2.93. The van der Waals surface area contributed by atoms with Crippen LogP contribution in [0.15, 0.2) is 60.7 Å². The fourth-order valence-electron chi connectivity index (χ4n) is 2.63. The zero-order valence-corrected chi connectivity index (χ0v) is 14.3. The number of aromatic nitrogens is 1. The molecule has 10 heteroatoms. The number of pyridine rings is 1. The molecule has 0 saturated carbocycles. The highest BCUT2D eigenvalue weighted by Gasteiger charge is 2.31. The highest BCUT2D eigenvalue weighted by Crippen LogP contribution is 2.35. The Hall–Kier alpha value is -3.43. The number of halogens is 6. The lowest BCUT2D eigenvalue weighted by Gasteiger charge is -2.11. The highest BCUT2D eigenvalue weighted by molar-refractivity contribution is 5.70. The number of hydrogen-bond donors (Lipinski definition) is 0. The summed E-state index contributed by atoms with van der Waals surface area (Å²) in [6, 6.07) is 9.89. The zero-order valence-electron chi connectivity index (χ0n) is 14.3. The van der Waals surface area contributed by atoms with Crippen LogP contribution in [0.4, 0.5) is 32.0 Å². The Kier molecular flexibility index (Phi) is 5.04. The summed E-state index contributed by atoms with van der Waals surface area (Å²) in [6.07, 6.45) is -9.28. The van der Waals surface area contributed by atoms with E-state index in [0.29, 0.717) is 0 Å². The second kappa shape index (κ2) is 7.19. The molecule has 150 valence electrons. The molecule has 1 heterocycles. The first-order valence-electron chi connectivity index (χ1n) is 7.97. The molecule has 0 N–H and O–H groups in total.